The minimum atomic E-state index is -3.02. The highest BCUT2D eigenvalue weighted by Crippen LogP contribution is 2.25. The zero-order chi connectivity index (χ0) is 15.7. The third-order valence-electron chi connectivity index (χ3n) is 3.93. The van der Waals surface area contributed by atoms with Gasteiger partial charge in [0.1, 0.15) is 0 Å². The third-order valence-corrected chi connectivity index (χ3v) is 6.23. The molecular weight excluding hydrogens is 354 g/mol. The van der Waals surface area contributed by atoms with Gasteiger partial charge in [0.15, 0.2) is 9.84 Å². The molecule has 116 valence electrons. The van der Waals surface area contributed by atoms with Crippen molar-refractivity contribution in [1.29, 1.82) is 0 Å². The molecule has 1 heterocycles. The standard InChI is InChI=1S/C15H20BrNO3S/c1-15(2,12-3-5-13(16)6-4-12)10-17-14(18)11-7-8-21(19,20)9-11/h3-6,11H,7-10H2,1-2H3,(H,17,18). The summed E-state index contributed by atoms with van der Waals surface area (Å²) in [5, 5.41) is 2.90. The van der Waals surface area contributed by atoms with Crippen LogP contribution in [0.1, 0.15) is 25.8 Å². The average Bonchev–Trinajstić information content (AvgIpc) is 2.77. The summed E-state index contributed by atoms with van der Waals surface area (Å²) < 4.78 is 23.8. The van der Waals surface area contributed by atoms with Gasteiger partial charge >= 0.3 is 0 Å². The molecule has 4 nitrogen and oxygen atoms in total. The first kappa shape index (κ1) is 16.5. The second-order valence-electron chi connectivity index (χ2n) is 6.21. The monoisotopic (exact) mass is 373 g/mol. The summed E-state index contributed by atoms with van der Waals surface area (Å²) in [4.78, 5) is 12.1. The van der Waals surface area contributed by atoms with Crippen molar-refractivity contribution in [3.63, 3.8) is 0 Å². The van der Waals surface area contributed by atoms with Crippen molar-refractivity contribution in [2.75, 3.05) is 18.1 Å². The van der Waals surface area contributed by atoms with E-state index in [0.717, 1.165) is 10.0 Å². The average molecular weight is 374 g/mol. The SMILES string of the molecule is CC(C)(CNC(=O)C1CCS(=O)(=O)C1)c1ccc(Br)cc1. The van der Waals surface area contributed by atoms with Crippen LogP contribution in [0.4, 0.5) is 0 Å². The van der Waals surface area contributed by atoms with Crippen LogP contribution in [0.2, 0.25) is 0 Å². The van der Waals surface area contributed by atoms with Crippen LogP contribution in [0.15, 0.2) is 28.7 Å². The Kier molecular flexibility index (Phi) is 4.78. The Morgan fingerprint density at radius 2 is 1.95 bits per heavy atom. The van der Waals surface area contributed by atoms with E-state index in [2.05, 4.69) is 35.1 Å². The summed E-state index contributed by atoms with van der Waals surface area (Å²) in [5.41, 5.74) is 0.929. The molecular formula is C15H20BrNO3S. The second kappa shape index (κ2) is 6.08. The van der Waals surface area contributed by atoms with Crippen LogP contribution >= 0.6 is 15.9 Å². The number of carbonyl (C=O) groups is 1. The zero-order valence-electron chi connectivity index (χ0n) is 12.2. The van der Waals surface area contributed by atoms with Gasteiger partial charge in [0.25, 0.3) is 0 Å². The Hall–Kier alpha value is -0.880. The Bertz CT molecular complexity index is 623. The number of sulfone groups is 1. The molecule has 1 atom stereocenters. The van der Waals surface area contributed by atoms with Crippen molar-refractivity contribution in [3.05, 3.63) is 34.3 Å². The van der Waals surface area contributed by atoms with Crippen molar-refractivity contribution >= 4 is 31.7 Å². The lowest BCUT2D eigenvalue weighted by Gasteiger charge is -2.26. The van der Waals surface area contributed by atoms with Crippen LogP contribution in [-0.4, -0.2) is 32.4 Å². The molecule has 0 radical (unpaired) electrons. The first-order chi connectivity index (χ1) is 9.70. The van der Waals surface area contributed by atoms with Gasteiger partial charge < -0.3 is 5.32 Å². The van der Waals surface area contributed by atoms with Crippen LogP contribution in [0.25, 0.3) is 0 Å². The van der Waals surface area contributed by atoms with E-state index < -0.39 is 15.8 Å². The van der Waals surface area contributed by atoms with Gasteiger partial charge in [-0.2, -0.15) is 0 Å². The number of carbonyl (C=O) groups excluding carboxylic acids is 1. The predicted octanol–water partition coefficient (Wildman–Crippen LogP) is 2.28. The Labute approximate surface area is 134 Å². The summed E-state index contributed by atoms with van der Waals surface area (Å²) in [7, 11) is -3.02. The van der Waals surface area contributed by atoms with Crippen LogP contribution in [0.5, 0.6) is 0 Å². The highest BCUT2D eigenvalue weighted by molar-refractivity contribution is 9.10. The lowest BCUT2D eigenvalue weighted by atomic mass is 9.84. The molecule has 1 aromatic carbocycles. The van der Waals surface area contributed by atoms with Crippen LogP contribution in [0.3, 0.4) is 0 Å². The first-order valence-electron chi connectivity index (χ1n) is 6.94. The van der Waals surface area contributed by atoms with E-state index in [0.29, 0.717) is 13.0 Å². The minimum Gasteiger partial charge on any atom is -0.355 e. The molecule has 1 N–H and O–H groups in total. The van der Waals surface area contributed by atoms with E-state index in [1.54, 1.807) is 0 Å². The molecule has 0 spiro atoms. The van der Waals surface area contributed by atoms with E-state index in [1.807, 2.05) is 24.3 Å². The van der Waals surface area contributed by atoms with Crippen LogP contribution in [-0.2, 0) is 20.0 Å². The molecule has 0 bridgehead atoms. The summed E-state index contributed by atoms with van der Waals surface area (Å²) in [6.07, 6.45) is 0.437. The van der Waals surface area contributed by atoms with Gasteiger partial charge in [-0.25, -0.2) is 8.42 Å². The summed E-state index contributed by atoms with van der Waals surface area (Å²) >= 11 is 3.40. The summed E-state index contributed by atoms with van der Waals surface area (Å²) in [5.74, 6) is -0.435. The molecule has 6 heteroatoms. The number of rotatable bonds is 4. The lowest BCUT2D eigenvalue weighted by Crippen LogP contribution is -2.40. The maximum absolute atomic E-state index is 12.1. The molecule has 1 aromatic rings. The van der Waals surface area contributed by atoms with Crippen molar-refractivity contribution in [2.24, 2.45) is 5.92 Å². The van der Waals surface area contributed by atoms with Gasteiger partial charge in [0.05, 0.1) is 17.4 Å². The number of halogens is 1. The number of hydrogen-bond donors (Lipinski definition) is 1. The first-order valence-corrected chi connectivity index (χ1v) is 9.55. The third kappa shape index (κ3) is 4.30. The number of nitrogens with one attached hydrogen (secondary N) is 1. The van der Waals surface area contributed by atoms with Gasteiger partial charge in [0, 0.05) is 16.4 Å². The van der Waals surface area contributed by atoms with E-state index in [4.69, 9.17) is 0 Å². The van der Waals surface area contributed by atoms with Crippen molar-refractivity contribution < 1.29 is 13.2 Å². The van der Waals surface area contributed by atoms with E-state index in [-0.39, 0.29) is 22.8 Å². The Morgan fingerprint density at radius 3 is 2.48 bits per heavy atom. The van der Waals surface area contributed by atoms with Gasteiger partial charge in [-0.1, -0.05) is 41.9 Å². The molecule has 2 rings (SSSR count). The van der Waals surface area contributed by atoms with Crippen molar-refractivity contribution in [2.45, 2.75) is 25.7 Å². The van der Waals surface area contributed by atoms with Gasteiger partial charge in [-0.3, -0.25) is 4.79 Å². The second-order valence-corrected chi connectivity index (χ2v) is 9.35. The van der Waals surface area contributed by atoms with Crippen LogP contribution in [0, 0.1) is 5.92 Å². The summed E-state index contributed by atoms with van der Waals surface area (Å²) in [6, 6.07) is 8.00. The number of benzene rings is 1. The number of hydrogen-bond acceptors (Lipinski definition) is 3. The maximum atomic E-state index is 12.1. The van der Waals surface area contributed by atoms with Gasteiger partial charge in [-0.15, -0.1) is 0 Å². The fourth-order valence-electron chi connectivity index (χ4n) is 2.46. The predicted molar refractivity (Wildman–Crippen MR) is 86.9 cm³/mol. The smallest absolute Gasteiger partial charge is 0.224 e. The normalized spacial score (nSPS) is 21.2. The molecule has 1 aliphatic rings. The van der Waals surface area contributed by atoms with Gasteiger partial charge in [-0.05, 0) is 24.1 Å². The Balaban J connectivity index is 1.95. The highest BCUT2D eigenvalue weighted by atomic mass is 79.9. The molecule has 1 fully saturated rings. The molecule has 0 aromatic heterocycles. The van der Waals surface area contributed by atoms with E-state index >= 15 is 0 Å². The van der Waals surface area contributed by atoms with E-state index in [1.165, 1.54) is 0 Å². The largest absolute Gasteiger partial charge is 0.355 e. The summed E-state index contributed by atoms with van der Waals surface area (Å²) in [6.45, 7) is 4.60. The lowest BCUT2D eigenvalue weighted by molar-refractivity contribution is -0.124. The number of amides is 1. The molecule has 1 unspecified atom stereocenters. The molecule has 1 saturated heterocycles. The Morgan fingerprint density at radius 1 is 1.33 bits per heavy atom. The molecule has 0 aliphatic carbocycles. The quantitative estimate of drug-likeness (QED) is 0.880. The van der Waals surface area contributed by atoms with Gasteiger partial charge in [0.2, 0.25) is 5.91 Å². The molecule has 21 heavy (non-hydrogen) atoms. The van der Waals surface area contributed by atoms with Crippen molar-refractivity contribution in [1.82, 2.24) is 5.32 Å². The van der Waals surface area contributed by atoms with Crippen LogP contribution < -0.4 is 5.32 Å². The molecule has 1 amide bonds. The zero-order valence-corrected chi connectivity index (χ0v) is 14.6. The van der Waals surface area contributed by atoms with E-state index in [9.17, 15) is 13.2 Å². The maximum Gasteiger partial charge on any atom is 0.224 e. The topological polar surface area (TPSA) is 63.2 Å². The molecule has 1 aliphatic heterocycles. The highest BCUT2D eigenvalue weighted by Gasteiger charge is 2.33. The minimum absolute atomic E-state index is 0.0163. The molecule has 0 saturated carbocycles. The fourth-order valence-corrected chi connectivity index (χ4v) is 4.46. The van der Waals surface area contributed by atoms with Crippen molar-refractivity contribution in [3.8, 4) is 0 Å². The fraction of sp³-hybridized carbons (Fsp3) is 0.533.